The number of hydrogen-bond donors (Lipinski definition) is 2. The highest BCUT2D eigenvalue weighted by atomic mass is 127. The molecule has 1 atom stereocenters. The summed E-state index contributed by atoms with van der Waals surface area (Å²) in [6, 6.07) is 0. The van der Waals surface area contributed by atoms with Crippen LogP contribution in [-0.2, 0) is 4.79 Å². The molecule has 6 heavy (non-hydrogen) atoms. The summed E-state index contributed by atoms with van der Waals surface area (Å²) < 4.78 is -0.567. The van der Waals surface area contributed by atoms with Gasteiger partial charge in [-0.2, -0.15) is 12.6 Å². The van der Waals surface area contributed by atoms with Crippen molar-refractivity contribution < 1.29 is 9.90 Å². The zero-order valence-electron chi connectivity index (χ0n) is 2.76. The number of carboxylic acid groups (broad SMARTS) is 1. The van der Waals surface area contributed by atoms with Crippen molar-refractivity contribution in [2.24, 2.45) is 0 Å². The maximum atomic E-state index is 9.62. The van der Waals surface area contributed by atoms with Crippen LogP contribution in [0.2, 0.25) is 0 Å². The molecule has 0 rings (SSSR count). The normalized spacial score (nSPS) is 13.7. The Balaban J connectivity index is 3.26. The lowest BCUT2D eigenvalue weighted by Crippen LogP contribution is -2.03. The predicted molar refractivity (Wildman–Crippen MR) is 34.4 cm³/mol. The molecule has 0 aliphatic heterocycles. The SMILES string of the molecule is O=C(O)[C@H](S)I. The van der Waals surface area contributed by atoms with Gasteiger partial charge in [-0.1, -0.05) is 22.6 Å². The second-order valence-corrected chi connectivity index (χ2v) is 3.42. The van der Waals surface area contributed by atoms with Crippen LogP contribution in [0.3, 0.4) is 0 Å². The number of alkyl halides is 1. The highest BCUT2D eigenvalue weighted by molar-refractivity contribution is 14.1. The van der Waals surface area contributed by atoms with Gasteiger partial charge in [0, 0.05) is 0 Å². The molecule has 0 amide bonds. The first-order valence-corrected chi connectivity index (χ1v) is 2.95. The van der Waals surface area contributed by atoms with Crippen molar-refractivity contribution in [3.8, 4) is 0 Å². The van der Waals surface area contributed by atoms with Gasteiger partial charge in [0.2, 0.25) is 0 Å². The standard InChI is InChI=1S/C2H3IO2S/c3-1(6)2(4)5/h1,6H,(H,4,5)/t1-/m0/s1. The van der Waals surface area contributed by atoms with Gasteiger partial charge in [0.25, 0.3) is 0 Å². The second-order valence-electron chi connectivity index (χ2n) is 0.674. The largest absolute Gasteiger partial charge is 0.480 e. The number of hydrogen-bond acceptors (Lipinski definition) is 2. The Morgan fingerprint density at radius 2 is 2.17 bits per heavy atom. The van der Waals surface area contributed by atoms with Crippen LogP contribution < -0.4 is 0 Å². The molecular weight excluding hydrogens is 215 g/mol. The zero-order chi connectivity index (χ0) is 5.15. The molecule has 0 radical (unpaired) electrons. The third-order valence-corrected chi connectivity index (χ3v) is 0.957. The molecule has 0 aromatic heterocycles. The molecule has 0 saturated heterocycles. The second kappa shape index (κ2) is 2.68. The molecular formula is C2H3IO2S. The molecule has 0 aliphatic carbocycles. The van der Waals surface area contributed by atoms with E-state index in [1.165, 1.54) is 0 Å². The Hall–Kier alpha value is 0.550. The van der Waals surface area contributed by atoms with Gasteiger partial charge in [0.1, 0.15) is 0 Å². The summed E-state index contributed by atoms with van der Waals surface area (Å²) in [6.07, 6.45) is 0. The molecule has 0 saturated carbocycles. The molecule has 0 spiro atoms. The summed E-state index contributed by atoms with van der Waals surface area (Å²) in [4.78, 5) is 9.62. The molecule has 0 aromatic carbocycles. The van der Waals surface area contributed by atoms with Crippen molar-refractivity contribution in [1.82, 2.24) is 0 Å². The van der Waals surface area contributed by atoms with Gasteiger partial charge in [-0.15, -0.1) is 0 Å². The van der Waals surface area contributed by atoms with Gasteiger partial charge in [0.15, 0.2) is 3.26 Å². The smallest absolute Gasteiger partial charge is 0.326 e. The Morgan fingerprint density at radius 1 is 2.00 bits per heavy atom. The van der Waals surface area contributed by atoms with E-state index in [1.54, 1.807) is 22.6 Å². The maximum Gasteiger partial charge on any atom is 0.326 e. The van der Waals surface area contributed by atoms with Crippen molar-refractivity contribution in [2.75, 3.05) is 0 Å². The highest BCUT2D eigenvalue weighted by Gasteiger charge is 2.02. The lowest BCUT2D eigenvalue weighted by atomic mass is 10.8. The fourth-order valence-electron chi connectivity index (χ4n) is 0. The van der Waals surface area contributed by atoms with Crippen LogP contribution in [0.4, 0.5) is 0 Å². The van der Waals surface area contributed by atoms with Gasteiger partial charge >= 0.3 is 5.97 Å². The van der Waals surface area contributed by atoms with Crippen LogP contribution in [0.5, 0.6) is 0 Å². The average molecular weight is 218 g/mol. The quantitative estimate of drug-likeness (QED) is 0.387. The van der Waals surface area contributed by atoms with E-state index in [0.29, 0.717) is 0 Å². The van der Waals surface area contributed by atoms with Crippen molar-refractivity contribution in [3.05, 3.63) is 0 Å². The summed E-state index contributed by atoms with van der Waals surface area (Å²) in [7, 11) is 0. The Bertz CT molecular complexity index is 62.6. The van der Waals surface area contributed by atoms with Crippen LogP contribution in [0.1, 0.15) is 0 Å². The van der Waals surface area contributed by atoms with E-state index in [2.05, 4.69) is 12.6 Å². The molecule has 1 N–H and O–H groups in total. The Labute approximate surface area is 54.5 Å². The number of rotatable bonds is 1. The summed E-state index contributed by atoms with van der Waals surface area (Å²) in [6.45, 7) is 0. The summed E-state index contributed by atoms with van der Waals surface area (Å²) in [5, 5.41) is 7.91. The molecule has 0 heterocycles. The fraction of sp³-hybridized carbons (Fsp3) is 0.500. The third kappa shape index (κ3) is 2.77. The van der Waals surface area contributed by atoms with Crippen LogP contribution >= 0.6 is 35.2 Å². The van der Waals surface area contributed by atoms with E-state index in [9.17, 15) is 4.79 Å². The number of carbonyl (C=O) groups is 1. The fourth-order valence-corrected chi connectivity index (χ4v) is 0. The van der Waals surface area contributed by atoms with Gasteiger partial charge in [-0.05, 0) is 0 Å². The third-order valence-electron chi connectivity index (χ3n) is 0.204. The summed E-state index contributed by atoms with van der Waals surface area (Å²) in [5.74, 6) is -0.890. The van der Waals surface area contributed by atoms with E-state index in [0.717, 1.165) is 0 Å². The van der Waals surface area contributed by atoms with Gasteiger partial charge < -0.3 is 5.11 Å². The van der Waals surface area contributed by atoms with Crippen molar-refractivity contribution in [2.45, 2.75) is 3.26 Å². The van der Waals surface area contributed by atoms with Gasteiger partial charge in [0.05, 0.1) is 0 Å². The molecule has 0 fully saturated rings. The minimum Gasteiger partial charge on any atom is -0.480 e. The average Bonchev–Trinajstić information content (AvgIpc) is 1.36. The van der Waals surface area contributed by atoms with Crippen LogP contribution in [0, 0.1) is 0 Å². The molecule has 4 heteroatoms. The summed E-state index contributed by atoms with van der Waals surface area (Å²) in [5.41, 5.74) is 0. The predicted octanol–water partition coefficient (Wildman–Crippen LogP) is 0.762. The molecule has 0 aromatic rings. The first-order chi connectivity index (χ1) is 2.64. The Morgan fingerprint density at radius 3 is 2.17 bits per heavy atom. The van der Waals surface area contributed by atoms with E-state index < -0.39 is 9.23 Å². The monoisotopic (exact) mass is 218 g/mol. The molecule has 0 aliphatic rings. The highest BCUT2D eigenvalue weighted by Crippen LogP contribution is 2.02. The zero-order valence-corrected chi connectivity index (χ0v) is 5.81. The first-order valence-electron chi connectivity index (χ1n) is 1.19. The molecule has 0 unspecified atom stereocenters. The minimum atomic E-state index is -0.890. The van der Waals surface area contributed by atoms with Crippen LogP contribution in [0.25, 0.3) is 0 Å². The van der Waals surface area contributed by atoms with Gasteiger partial charge in [-0.25, -0.2) is 0 Å². The van der Waals surface area contributed by atoms with E-state index in [-0.39, 0.29) is 0 Å². The number of thiol groups is 1. The van der Waals surface area contributed by atoms with Gasteiger partial charge in [-0.3, -0.25) is 4.79 Å². The van der Waals surface area contributed by atoms with Crippen molar-refractivity contribution in [3.63, 3.8) is 0 Å². The first kappa shape index (κ1) is 6.55. The van der Waals surface area contributed by atoms with Crippen LogP contribution in [0.15, 0.2) is 0 Å². The minimum absolute atomic E-state index is 0.567. The topological polar surface area (TPSA) is 37.3 Å². The van der Waals surface area contributed by atoms with Crippen molar-refractivity contribution in [1.29, 1.82) is 0 Å². The van der Waals surface area contributed by atoms with E-state index in [1.807, 2.05) is 0 Å². The molecule has 36 valence electrons. The molecule has 2 nitrogen and oxygen atoms in total. The maximum absolute atomic E-state index is 9.62. The number of aliphatic carboxylic acids is 1. The lowest BCUT2D eigenvalue weighted by Gasteiger charge is -1.86. The lowest BCUT2D eigenvalue weighted by molar-refractivity contribution is -0.134. The van der Waals surface area contributed by atoms with E-state index >= 15 is 0 Å². The molecule has 0 bridgehead atoms. The summed E-state index contributed by atoms with van der Waals surface area (Å²) >= 11 is 5.28. The number of halogens is 1. The van der Waals surface area contributed by atoms with Crippen LogP contribution in [-0.4, -0.2) is 14.3 Å². The van der Waals surface area contributed by atoms with Crippen molar-refractivity contribution >= 4 is 41.2 Å². The van der Waals surface area contributed by atoms with E-state index in [4.69, 9.17) is 5.11 Å². The number of carboxylic acids is 1. The Kier molecular flexibility index (Phi) is 2.92.